The first kappa shape index (κ1) is 17.6. The maximum Gasteiger partial charge on any atom is 0.254 e. The van der Waals surface area contributed by atoms with Crippen molar-refractivity contribution in [3.05, 3.63) is 81.5 Å². The first-order chi connectivity index (χ1) is 13.2. The van der Waals surface area contributed by atoms with Crippen LogP contribution >= 0.6 is 11.3 Å². The molecule has 4 rings (SSSR count). The zero-order valence-corrected chi connectivity index (χ0v) is 16.2. The fraction of sp³-hybridized carbons (Fsp3) is 0.227. The summed E-state index contributed by atoms with van der Waals surface area (Å²) in [5.74, 6) is 1.57. The van der Waals surface area contributed by atoms with Crippen LogP contribution in [0, 0.1) is 0 Å². The molecular formula is C22H21NO3S. The fourth-order valence-electron chi connectivity index (χ4n) is 3.63. The molecule has 2 heterocycles. The lowest BCUT2D eigenvalue weighted by molar-refractivity contribution is 0.0696. The van der Waals surface area contributed by atoms with Gasteiger partial charge >= 0.3 is 0 Å². The second-order valence-corrected chi connectivity index (χ2v) is 7.38. The third-order valence-electron chi connectivity index (χ3n) is 4.99. The van der Waals surface area contributed by atoms with Crippen molar-refractivity contribution in [1.29, 1.82) is 0 Å². The maximum absolute atomic E-state index is 13.4. The summed E-state index contributed by atoms with van der Waals surface area (Å²) in [6, 6.07) is 17.3. The van der Waals surface area contributed by atoms with E-state index in [-0.39, 0.29) is 11.9 Å². The highest BCUT2D eigenvalue weighted by Gasteiger charge is 2.35. The Labute approximate surface area is 163 Å². The van der Waals surface area contributed by atoms with Crippen LogP contribution in [-0.4, -0.2) is 31.6 Å². The lowest BCUT2D eigenvalue weighted by atomic mass is 9.94. The molecule has 0 fully saturated rings. The molecule has 0 saturated heterocycles. The summed E-state index contributed by atoms with van der Waals surface area (Å²) < 4.78 is 10.8. The number of hydrogen-bond donors (Lipinski definition) is 0. The highest BCUT2D eigenvalue weighted by atomic mass is 32.1. The van der Waals surface area contributed by atoms with Crippen molar-refractivity contribution in [3.8, 4) is 11.5 Å². The number of rotatable bonds is 4. The monoisotopic (exact) mass is 379 g/mol. The predicted molar refractivity (Wildman–Crippen MR) is 107 cm³/mol. The summed E-state index contributed by atoms with van der Waals surface area (Å²) in [5.41, 5.74) is 3.00. The Bertz CT molecular complexity index is 948. The van der Waals surface area contributed by atoms with Gasteiger partial charge in [0, 0.05) is 22.5 Å². The molecule has 1 unspecified atom stereocenters. The van der Waals surface area contributed by atoms with Gasteiger partial charge in [-0.25, -0.2) is 0 Å². The Kier molecular flexibility index (Phi) is 4.86. The number of benzene rings is 2. The molecule has 0 bridgehead atoms. The van der Waals surface area contributed by atoms with Gasteiger partial charge in [0.2, 0.25) is 0 Å². The molecule has 2 aromatic carbocycles. The topological polar surface area (TPSA) is 38.8 Å². The normalized spacial score (nSPS) is 15.9. The van der Waals surface area contributed by atoms with Gasteiger partial charge in [-0.1, -0.05) is 18.2 Å². The molecule has 27 heavy (non-hydrogen) atoms. The van der Waals surface area contributed by atoms with Gasteiger partial charge in [0.05, 0.1) is 20.3 Å². The van der Waals surface area contributed by atoms with Crippen molar-refractivity contribution in [2.75, 3.05) is 20.8 Å². The van der Waals surface area contributed by atoms with Gasteiger partial charge in [0.1, 0.15) is 11.5 Å². The average molecular weight is 379 g/mol. The number of carbonyl (C=O) groups is 1. The van der Waals surface area contributed by atoms with Crippen LogP contribution in [0.5, 0.6) is 11.5 Å². The van der Waals surface area contributed by atoms with Crippen molar-refractivity contribution < 1.29 is 14.3 Å². The summed E-state index contributed by atoms with van der Waals surface area (Å²) in [7, 11) is 3.30. The smallest absolute Gasteiger partial charge is 0.254 e. The average Bonchev–Trinajstić information content (AvgIpc) is 3.21. The van der Waals surface area contributed by atoms with Crippen LogP contribution in [0.4, 0.5) is 0 Å². The minimum Gasteiger partial charge on any atom is -0.497 e. The van der Waals surface area contributed by atoms with Crippen molar-refractivity contribution in [2.24, 2.45) is 0 Å². The van der Waals surface area contributed by atoms with Gasteiger partial charge in [0.25, 0.3) is 5.91 Å². The Morgan fingerprint density at radius 3 is 2.56 bits per heavy atom. The van der Waals surface area contributed by atoms with Crippen LogP contribution in [0.15, 0.2) is 60.0 Å². The van der Waals surface area contributed by atoms with Crippen LogP contribution < -0.4 is 9.47 Å². The molecule has 0 spiro atoms. The van der Waals surface area contributed by atoms with Gasteiger partial charge in [-0.2, -0.15) is 0 Å². The van der Waals surface area contributed by atoms with Gasteiger partial charge in [-0.15, -0.1) is 11.3 Å². The number of thiophene rings is 1. The van der Waals surface area contributed by atoms with E-state index in [1.54, 1.807) is 25.6 Å². The van der Waals surface area contributed by atoms with E-state index in [0.717, 1.165) is 23.5 Å². The Balaban J connectivity index is 1.77. The summed E-state index contributed by atoms with van der Waals surface area (Å²) in [6.07, 6.45) is 0.867. The molecule has 138 valence electrons. The lowest BCUT2D eigenvalue weighted by Crippen LogP contribution is -2.40. The largest absolute Gasteiger partial charge is 0.497 e. The van der Waals surface area contributed by atoms with E-state index in [4.69, 9.17) is 9.47 Å². The second-order valence-electron chi connectivity index (χ2n) is 6.43. The molecular weight excluding hydrogens is 358 g/mol. The van der Waals surface area contributed by atoms with Crippen LogP contribution in [0.3, 0.4) is 0 Å². The van der Waals surface area contributed by atoms with Crippen molar-refractivity contribution in [2.45, 2.75) is 12.5 Å². The highest BCUT2D eigenvalue weighted by Crippen LogP contribution is 2.42. The first-order valence-corrected chi connectivity index (χ1v) is 9.75. The summed E-state index contributed by atoms with van der Waals surface area (Å²) in [5, 5.41) is 2.11. The van der Waals surface area contributed by atoms with E-state index < -0.39 is 0 Å². The maximum atomic E-state index is 13.4. The van der Waals surface area contributed by atoms with E-state index in [0.29, 0.717) is 12.1 Å². The quantitative estimate of drug-likeness (QED) is 0.667. The Hall–Kier alpha value is -2.79. The Morgan fingerprint density at radius 2 is 1.81 bits per heavy atom. The van der Waals surface area contributed by atoms with E-state index in [1.165, 1.54) is 10.4 Å². The SMILES string of the molecule is COc1ccc(C(=O)N2CCc3ccsc3C2c2ccccc2OC)cc1. The predicted octanol–water partition coefficient (Wildman–Crippen LogP) is 4.55. The number of methoxy groups -OCH3 is 2. The van der Waals surface area contributed by atoms with Gasteiger partial charge in [0.15, 0.2) is 0 Å². The molecule has 0 radical (unpaired) electrons. The number of para-hydroxylation sites is 1. The Morgan fingerprint density at radius 1 is 1.04 bits per heavy atom. The van der Waals surface area contributed by atoms with E-state index in [1.807, 2.05) is 53.4 Å². The van der Waals surface area contributed by atoms with Crippen molar-refractivity contribution in [1.82, 2.24) is 4.90 Å². The molecule has 0 N–H and O–H groups in total. The van der Waals surface area contributed by atoms with Gasteiger partial charge in [-0.3, -0.25) is 4.79 Å². The van der Waals surface area contributed by atoms with Crippen LogP contribution in [-0.2, 0) is 6.42 Å². The molecule has 4 nitrogen and oxygen atoms in total. The van der Waals surface area contributed by atoms with E-state index >= 15 is 0 Å². The molecule has 1 aromatic heterocycles. The minimum absolute atomic E-state index is 0.0209. The molecule has 3 aromatic rings. The second kappa shape index (κ2) is 7.45. The molecule has 1 atom stereocenters. The number of nitrogens with zero attached hydrogens (tertiary/aromatic N) is 1. The lowest BCUT2D eigenvalue weighted by Gasteiger charge is -2.36. The number of hydrogen-bond acceptors (Lipinski definition) is 4. The molecule has 0 aliphatic carbocycles. The van der Waals surface area contributed by atoms with Crippen molar-refractivity contribution >= 4 is 17.2 Å². The number of carbonyl (C=O) groups excluding carboxylic acids is 1. The third kappa shape index (κ3) is 3.19. The third-order valence-corrected chi connectivity index (χ3v) is 6.01. The molecule has 0 saturated carbocycles. The molecule has 5 heteroatoms. The summed E-state index contributed by atoms with van der Waals surface area (Å²) >= 11 is 1.70. The molecule has 1 aliphatic heterocycles. The van der Waals surface area contributed by atoms with Crippen LogP contribution in [0.1, 0.15) is 32.4 Å². The number of ether oxygens (including phenoxy) is 2. The standard InChI is InChI=1S/C22H21NO3S/c1-25-17-9-7-16(8-10-17)22(24)23-13-11-15-12-14-27-21(15)20(23)18-5-3-4-6-19(18)26-2/h3-10,12,14,20H,11,13H2,1-2H3. The van der Waals surface area contributed by atoms with Crippen LogP contribution in [0.25, 0.3) is 0 Å². The summed E-state index contributed by atoms with van der Waals surface area (Å²) in [6.45, 7) is 0.678. The fourth-order valence-corrected chi connectivity index (χ4v) is 4.71. The van der Waals surface area contributed by atoms with E-state index in [9.17, 15) is 4.79 Å². The minimum atomic E-state index is -0.139. The number of amides is 1. The van der Waals surface area contributed by atoms with Gasteiger partial charge < -0.3 is 14.4 Å². The van der Waals surface area contributed by atoms with Gasteiger partial charge in [-0.05, 0) is 53.8 Å². The highest BCUT2D eigenvalue weighted by molar-refractivity contribution is 7.10. The zero-order valence-electron chi connectivity index (χ0n) is 15.3. The molecule has 1 aliphatic rings. The van der Waals surface area contributed by atoms with Crippen molar-refractivity contribution in [3.63, 3.8) is 0 Å². The van der Waals surface area contributed by atoms with Crippen LogP contribution in [0.2, 0.25) is 0 Å². The summed E-state index contributed by atoms with van der Waals surface area (Å²) in [4.78, 5) is 16.5. The first-order valence-electron chi connectivity index (χ1n) is 8.87. The number of fused-ring (bicyclic) bond motifs is 1. The zero-order chi connectivity index (χ0) is 18.8. The molecule has 1 amide bonds. The van der Waals surface area contributed by atoms with E-state index in [2.05, 4.69) is 11.4 Å².